The molecule has 0 radical (unpaired) electrons. The van der Waals surface area contributed by atoms with Crippen LogP contribution in [0.15, 0.2) is 0 Å². The van der Waals surface area contributed by atoms with Crippen molar-refractivity contribution in [3.8, 4) is 0 Å². The van der Waals surface area contributed by atoms with Crippen LogP contribution in [0.1, 0.15) is 6.92 Å². The van der Waals surface area contributed by atoms with Crippen molar-refractivity contribution in [2.45, 2.75) is 6.92 Å². The molecule has 0 heterocycles. The van der Waals surface area contributed by atoms with Gasteiger partial charge in [0.25, 0.3) is 5.12 Å². The first-order valence-electron chi connectivity index (χ1n) is 1.70. The Hall–Kier alpha value is -0.550. The smallest absolute Gasteiger partial charge is 0.271 e. The van der Waals surface area contributed by atoms with Gasteiger partial charge in [-0.3, -0.25) is 13.8 Å². The van der Waals surface area contributed by atoms with E-state index in [0.717, 1.165) is 6.92 Å². The molecule has 5 heteroatoms. The number of hydrogen-bond donors (Lipinski definition) is 0. The summed E-state index contributed by atoms with van der Waals surface area (Å²) in [7, 11) is 0. The van der Waals surface area contributed by atoms with Crippen LogP contribution in [-0.4, -0.2) is 19.7 Å². The first-order chi connectivity index (χ1) is 3.55. The van der Waals surface area contributed by atoms with Crippen molar-refractivity contribution in [3.63, 3.8) is 0 Å². The summed E-state index contributed by atoms with van der Waals surface area (Å²) in [4.78, 5) is 19.7. The normalized spacial score (nSPS) is 12.8. The Labute approximate surface area is 48.2 Å². The highest BCUT2D eigenvalue weighted by atomic mass is 32.2. The highest BCUT2D eigenvalue weighted by Crippen LogP contribution is 1.78. The highest BCUT2D eigenvalue weighted by molar-refractivity contribution is 7.97. The molecule has 0 bridgehead atoms. The van der Waals surface area contributed by atoms with Crippen molar-refractivity contribution in [3.05, 3.63) is 0 Å². The van der Waals surface area contributed by atoms with E-state index in [-0.39, 0.29) is 0 Å². The number of carbonyl (C=O) groups excluding carboxylic acids is 2. The van der Waals surface area contributed by atoms with Gasteiger partial charge in [0.15, 0.2) is 0 Å². The first kappa shape index (κ1) is 7.45. The van der Waals surface area contributed by atoms with Crippen LogP contribution in [0.25, 0.3) is 0 Å². The van der Waals surface area contributed by atoms with Crippen molar-refractivity contribution in [2.75, 3.05) is 0 Å². The fourth-order valence-corrected chi connectivity index (χ4v) is 0.352. The van der Waals surface area contributed by atoms with E-state index in [2.05, 4.69) is 0 Å². The maximum Gasteiger partial charge on any atom is 0.271 e. The largest absolute Gasteiger partial charge is 0.766 e. The first-order valence-corrected chi connectivity index (χ1v) is 2.77. The van der Waals surface area contributed by atoms with Gasteiger partial charge in [-0.25, -0.2) is 0 Å². The van der Waals surface area contributed by atoms with Crippen LogP contribution in [0.3, 0.4) is 0 Å². The van der Waals surface area contributed by atoms with Gasteiger partial charge in [0, 0.05) is 18.0 Å². The second-order valence-corrected chi connectivity index (χ2v) is 1.92. The Morgan fingerprint density at radius 2 is 1.88 bits per heavy atom. The Morgan fingerprint density at radius 1 is 1.50 bits per heavy atom. The van der Waals surface area contributed by atoms with Gasteiger partial charge in [-0.05, 0) is 0 Å². The second-order valence-electron chi connectivity index (χ2n) is 1.08. The molecule has 46 valence electrons. The minimum Gasteiger partial charge on any atom is -0.766 e. The van der Waals surface area contributed by atoms with Crippen molar-refractivity contribution in [1.82, 2.24) is 0 Å². The zero-order chi connectivity index (χ0) is 6.73. The zero-order valence-electron chi connectivity index (χ0n) is 4.04. The Balaban J connectivity index is 4.05. The predicted octanol–water partition coefficient (Wildman–Crippen LogP) is -1.02. The van der Waals surface area contributed by atoms with Crippen molar-refractivity contribution >= 4 is 22.0 Å². The topological polar surface area (TPSA) is 74.3 Å². The molecular formula is C3H3O4S-. The summed E-state index contributed by atoms with van der Waals surface area (Å²) >= 11 is -2.88. The molecular weight excluding hydrogens is 132 g/mol. The fraction of sp³-hybridized carbons (Fsp3) is 0.333. The molecule has 0 aromatic carbocycles. The quantitative estimate of drug-likeness (QED) is 0.340. The molecule has 0 saturated carbocycles. The van der Waals surface area contributed by atoms with Gasteiger partial charge in [0.2, 0.25) is 5.78 Å². The molecule has 0 N–H and O–H groups in total. The molecule has 0 aliphatic carbocycles. The Kier molecular flexibility index (Phi) is 2.50. The third-order valence-electron chi connectivity index (χ3n) is 0.439. The van der Waals surface area contributed by atoms with Gasteiger partial charge in [-0.2, -0.15) is 0 Å². The molecule has 0 rings (SSSR count). The minimum atomic E-state index is -2.88. The molecule has 1 atom stereocenters. The summed E-state index contributed by atoms with van der Waals surface area (Å²) < 4.78 is 19.1. The summed E-state index contributed by atoms with van der Waals surface area (Å²) in [5.41, 5.74) is 0. The number of carbonyl (C=O) groups is 2. The third-order valence-corrected chi connectivity index (χ3v) is 1.03. The van der Waals surface area contributed by atoms with Crippen LogP contribution in [0.2, 0.25) is 0 Å². The molecule has 0 fully saturated rings. The lowest BCUT2D eigenvalue weighted by Gasteiger charge is -1.95. The molecule has 1 unspecified atom stereocenters. The van der Waals surface area contributed by atoms with E-state index in [9.17, 15) is 18.4 Å². The van der Waals surface area contributed by atoms with Gasteiger partial charge in [0.05, 0.1) is 0 Å². The molecule has 0 aliphatic heterocycles. The SMILES string of the molecule is CC(=O)C(=O)S(=O)[O-]. The molecule has 0 aliphatic rings. The van der Waals surface area contributed by atoms with Gasteiger partial charge < -0.3 is 4.55 Å². The van der Waals surface area contributed by atoms with Gasteiger partial charge >= 0.3 is 0 Å². The molecule has 0 aromatic heterocycles. The van der Waals surface area contributed by atoms with Crippen LogP contribution in [0, 0.1) is 0 Å². The second kappa shape index (κ2) is 2.68. The number of rotatable bonds is 1. The predicted molar refractivity (Wildman–Crippen MR) is 24.6 cm³/mol. The summed E-state index contributed by atoms with van der Waals surface area (Å²) in [6.07, 6.45) is 0. The van der Waals surface area contributed by atoms with E-state index in [1.807, 2.05) is 0 Å². The molecule has 0 amide bonds. The van der Waals surface area contributed by atoms with Crippen LogP contribution in [0.5, 0.6) is 0 Å². The Morgan fingerprint density at radius 3 is 1.88 bits per heavy atom. The van der Waals surface area contributed by atoms with Crippen LogP contribution < -0.4 is 0 Å². The van der Waals surface area contributed by atoms with Crippen LogP contribution in [0.4, 0.5) is 0 Å². The minimum absolute atomic E-state index is 0.901. The number of Topliss-reactive ketones (excluding diaryl/α,β-unsaturated/α-hetero) is 1. The monoisotopic (exact) mass is 135 g/mol. The lowest BCUT2D eigenvalue weighted by atomic mass is 10.5. The average Bonchev–Trinajstić information content (AvgIpc) is 1.64. The van der Waals surface area contributed by atoms with E-state index < -0.39 is 22.0 Å². The average molecular weight is 135 g/mol. The van der Waals surface area contributed by atoms with Crippen LogP contribution >= 0.6 is 0 Å². The van der Waals surface area contributed by atoms with Crippen LogP contribution in [-0.2, 0) is 20.7 Å². The summed E-state index contributed by atoms with van der Waals surface area (Å²) in [5.74, 6) is -0.960. The van der Waals surface area contributed by atoms with Gasteiger partial charge in [0.1, 0.15) is 0 Å². The van der Waals surface area contributed by atoms with E-state index in [0.29, 0.717) is 0 Å². The lowest BCUT2D eigenvalue weighted by molar-refractivity contribution is -0.130. The number of ketones is 1. The maximum absolute atomic E-state index is 9.88. The van der Waals surface area contributed by atoms with Gasteiger partial charge in [-0.15, -0.1) is 0 Å². The van der Waals surface area contributed by atoms with Crippen molar-refractivity contribution in [1.29, 1.82) is 0 Å². The van der Waals surface area contributed by atoms with Crippen molar-refractivity contribution < 1.29 is 18.4 Å². The van der Waals surface area contributed by atoms with E-state index >= 15 is 0 Å². The Bertz CT molecular complexity index is 133. The van der Waals surface area contributed by atoms with E-state index in [1.54, 1.807) is 0 Å². The number of hydrogen-bond acceptors (Lipinski definition) is 4. The molecule has 4 nitrogen and oxygen atoms in total. The fourth-order valence-electron chi connectivity index (χ4n) is 0.117. The van der Waals surface area contributed by atoms with E-state index in [4.69, 9.17) is 0 Å². The van der Waals surface area contributed by atoms with Crippen molar-refractivity contribution in [2.24, 2.45) is 0 Å². The molecule has 8 heavy (non-hydrogen) atoms. The molecule has 0 saturated heterocycles. The standard InChI is InChI=1S/C3H4O4S/c1-2(4)3(5)8(6)7/h1H3,(H,6,7)/p-1. The summed E-state index contributed by atoms with van der Waals surface area (Å²) in [6, 6.07) is 0. The zero-order valence-corrected chi connectivity index (χ0v) is 4.86. The summed E-state index contributed by atoms with van der Waals surface area (Å²) in [5, 5.41) is -1.37. The lowest BCUT2D eigenvalue weighted by Crippen LogP contribution is -2.14. The molecule has 0 aromatic rings. The van der Waals surface area contributed by atoms with Gasteiger partial charge in [-0.1, -0.05) is 0 Å². The summed E-state index contributed by atoms with van der Waals surface area (Å²) in [6.45, 7) is 0.901. The highest BCUT2D eigenvalue weighted by Gasteiger charge is 2.05. The third kappa shape index (κ3) is 1.94. The molecule has 0 spiro atoms. The van der Waals surface area contributed by atoms with E-state index in [1.165, 1.54) is 0 Å². The maximum atomic E-state index is 9.88.